The Labute approximate surface area is 178 Å². The lowest BCUT2D eigenvalue weighted by Gasteiger charge is -2.20. The van der Waals surface area contributed by atoms with Crippen LogP contribution in [0.5, 0.6) is 0 Å². The number of benzene rings is 5. The summed E-state index contributed by atoms with van der Waals surface area (Å²) in [7, 11) is 0. The second-order valence-corrected chi connectivity index (χ2v) is 7.82. The van der Waals surface area contributed by atoms with Gasteiger partial charge in [0.2, 0.25) is 0 Å². The van der Waals surface area contributed by atoms with E-state index in [1.165, 1.54) is 44.0 Å². The molecule has 0 aliphatic carbocycles. The largest absolute Gasteiger partial charge is 0.282 e. The third-order valence-electron chi connectivity index (χ3n) is 5.16. The predicted molar refractivity (Wildman–Crippen MR) is 129 cm³/mol. The van der Waals surface area contributed by atoms with Crippen LogP contribution in [-0.4, -0.2) is 0 Å². The van der Waals surface area contributed by atoms with Crippen LogP contribution >= 0.6 is 22.9 Å². The molecule has 0 fully saturated rings. The van der Waals surface area contributed by atoms with Crippen molar-refractivity contribution >= 4 is 55.8 Å². The summed E-state index contributed by atoms with van der Waals surface area (Å²) in [6.45, 7) is 0. The molecule has 0 amide bonds. The van der Waals surface area contributed by atoms with Crippen molar-refractivity contribution in [1.82, 2.24) is 0 Å². The Morgan fingerprint density at radius 2 is 1.07 bits per heavy atom. The molecule has 0 radical (unpaired) electrons. The van der Waals surface area contributed by atoms with Crippen molar-refractivity contribution in [2.24, 2.45) is 0 Å². The third kappa shape index (κ3) is 3.04. The standard InChI is InChI=1S/C26H18IN/c27-28(22-16-14-20(15-17-22)19-8-2-1-3-9-19)26-18-21-10-4-5-11-23(21)24-12-6-7-13-25(24)26/h1-18H. The molecule has 0 aliphatic rings. The number of fused-ring (bicyclic) bond motifs is 3. The molecule has 0 saturated carbocycles. The lowest BCUT2D eigenvalue weighted by atomic mass is 10.00. The summed E-state index contributed by atoms with van der Waals surface area (Å²) >= 11 is 2.41. The number of anilines is 2. The zero-order chi connectivity index (χ0) is 18.9. The number of nitrogens with zero attached hydrogens (tertiary/aromatic N) is 1. The quantitative estimate of drug-likeness (QED) is 0.146. The van der Waals surface area contributed by atoms with E-state index < -0.39 is 0 Å². The van der Waals surface area contributed by atoms with Crippen molar-refractivity contribution in [3.63, 3.8) is 0 Å². The molecular weight excluding hydrogens is 453 g/mol. The van der Waals surface area contributed by atoms with E-state index in [0.717, 1.165) is 0 Å². The van der Waals surface area contributed by atoms with Crippen LogP contribution in [0.25, 0.3) is 32.7 Å². The summed E-state index contributed by atoms with van der Waals surface area (Å²) in [5, 5.41) is 5.12. The van der Waals surface area contributed by atoms with E-state index >= 15 is 0 Å². The number of rotatable bonds is 3. The SMILES string of the molecule is IN(c1ccc(-c2ccccc2)cc1)c1cc2ccccc2c2ccccc12. The topological polar surface area (TPSA) is 3.24 Å². The Hall–Kier alpha value is -2.85. The van der Waals surface area contributed by atoms with E-state index in [-0.39, 0.29) is 0 Å². The minimum absolute atomic E-state index is 1.17. The van der Waals surface area contributed by atoms with Gasteiger partial charge in [0.05, 0.1) is 34.2 Å². The predicted octanol–water partition coefficient (Wildman–Crippen LogP) is 8.15. The lowest BCUT2D eigenvalue weighted by molar-refractivity contribution is 1.50. The molecular formula is C26H18IN. The van der Waals surface area contributed by atoms with E-state index in [4.69, 9.17) is 0 Å². The second-order valence-electron chi connectivity index (χ2n) is 6.86. The highest BCUT2D eigenvalue weighted by atomic mass is 127. The number of halogens is 1. The average Bonchev–Trinajstić information content (AvgIpc) is 2.79. The van der Waals surface area contributed by atoms with Crippen molar-refractivity contribution < 1.29 is 0 Å². The van der Waals surface area contributed by atoms with Gasteiger partial charge in [-0.25, -0.2) is 0 Å². The van der Waals surface area contributed by atoms with E-state index in [9.17, 15) is 0 Å². The fourth-order valence-electron chi connectivity index (χ4n) is 3.75. The minimum Gasteiger partial charge on any atom is -0.282 e. The summed E-state index contributed by atoms with van der Waals surface area (Å²) in [5.41, 5.74) is 4.85. The number of hydrogen-bond donors (Lipinski definition) is 0. The average molecular weight is 471 g/mol. The molecule has 5 rings (SSSR count). The first kappa shape index (κ1) is 17.3. The molecule has 0 aliphatic heterocycles. The van der Waals surface area contributed by atoms with E-state index in [2.05, 4.69) is 135 Å². The Kier molecular flexibility index (Phi) is 4.49. The molecule has 0 aromatic heterocycles. The Balaban J connectivity index is 1.61. The number of hydrogen-bond acceptors (Lipinski definition) is 1. The maximum Gasteiger partial charge on any atom is 0.0646 e. The van der Waals surface area contributed by atoms with Gasteiger partial charge in [0, 0.05) is 5.39 Å². The smallest absolute Gasteiger partial charge is 0.0646 e. The molecule has 0 heterocycles. The van der Waals surface area contributed by atoms with E-state index in [1.54, 1.807) is 0 Å². The zero-order valence-electron chi connectivity index (χ0n) is 15.2. The van der Waals surface area contributed by atoms with Gasteiger partial charge >= 0.3 is 0 Å². The summed E-state index contributed by atoms with van der Waals surface area (Å²) in [5.74, 6) is 0. The van der Waals surface area contributed by atoms with Crippen molar-refractivity contribution in [2.75, 3.05) is 3.11 Å². The normalized spacial score (nSPS) is 11.0. The molecule has 5 aromatic carbocycles. The maximum atomic E-state index is 2.41. The van der Waals surface area contributed by atoms with Gasteiger partial charge in [0.25, 0.3) is 0 Å². The fraction of sp³-hybridized carbons (Fsp3) is 0. The molecule has 0 atom stereocenters. The van der Waals surface area contributed by atoms with Crippen LogP contribution < -0.4 is 3.11 Å². The monoisotopic (exact) mass is 471 g/mol. The summed E-state index contributed by atoms with van der Waals surface area (Å²) < 4.78 is 2.25. The first-order valence-electron chi connectivity index (χ1n) is 9.33. The highest BCUT2D eigenvalue weighted by Crippen LogP contribution is 2.39. The second kappa shape index (κ2) is 7.28. The highest BCUT2D eigenvalue weighted by molar-refractivity contribution is 14.1. The first-order chi connectivity index (χ1) is 13.8. The lowest BCUT2D eigenvalue weighted by Crippen LogP contribution is -2.01. The summed E-state index contributed by atoms with van der Waals surface area (Å²) in [6, 6.07) is 38.8. The fourth-order valence-corrected chi connectivity index (χ4v) is 4.47. The van der Waals surface area contributed by atoms with Crippen LogP contribution in [0.2, 0.25) is 0 Å². The van der Waals surface area contributed by atoms with Crippen LogP contribution in [-0.2, 0) is 0 Å². The molecule has 2 heteroatoms. The molecule has 0 N–H and O–H groups in total. The molecule has 28 heavy (non-hydrogen) atoms. The Morgan fingerprint density at radius 1 is 0.500 bits per heavy atom. The first-order valence-corrected chi connectivity index (χ1v) is 10.3. The van der Waals surface area contributed by atoms with Gasteiger partial charge in [-0.1, -0.05) is 91.0 Å². The van der Waals surface area contributed by atoms with Crippen molar-refractivity contribution in [3.8, 4) is 11.1 Å². The molecule has 0 unspecified atom stereocenters. The maximum absolute atomic E-state index is 2.41. The highest BCUT2D eigenvalue weighted by Gasteiger charge is 2.12. The van der Waals surface area contributed by atoms with E-state index in [0.29, 0.717) is 0 Å². The van der Waals surface area contributed by atoms with Crippen molar-refractivity contribution in [2.45, 2.75) is 0 Å². The molecule has 0 spiro atoms. The molecule has 5 aromatic rings. The van der Waals surface area contributed by atoms with Gasteiger partial charge < -0.3 is 0 Å². The zero-order valence-corrected chi connectivity index (χ0v) is 17.4. The van der Waals surface area contributed by atoms with Crippen LogP contribution in [0.3, 0.4) is 0 Å². The van der Waals surface area contributed by atoms with Gasteiger partial charge in [-0.2, -0.15) is 0 Å². The summed E-state index contributed by atoms with van der Waals surface area (Å²) in [6.07, 6.45) is 0. The molecule has 0 saturated heterocycles. The summed E-state index contributed by atoms with van der Waals surface area (Å²) in [4.78, 5) is 0. The minimum atomic E-state index is 1.17. The van der Waals surface area contributed by atoms with Gasteiger partial charge in [0.15, 0.2) is 0 Å². The van der Waals surface area contributed by atoms with Crippen LogP contribution in [0.4, 0.5) is 11.4 Å². The van der Waals surface area contributed by atoms with Crippen LogP contribution in [0, 0.1) is 0 Å². The van der Waals surface area contributed by atoms with Gasteiger partial charge in [0.1, 0.15) is 0 Å². The molecule has 0 bridgehead atoms. The van der Waals surface area contributed by atoms with Gasteiger partial charge in [-0.15, -0.1) is 0 Å². The molecule has 134 valence electrons. The van der Waals surface area contributed by atoms with Gasteiger partial charge in [-0.05, 0) is 45.5 Å². The third-order valence-corrected chi connectivity index (χ3v) is 6.24. The van der Waals surface area contributed by atoms with Crippen molar-refractivity contribution in [1.29, 1.82) is 0 Å². The molecule has 1 nitrogen and oxygen atoms in total. The van der Waals surface area contributed by atoms with Crippen LogP contribution in [0.15, 0.2) is 109 Å². The van der Waals surface area contributed by atoms with Crippen molar-refractivity contribution in [3.05, 3.63) is 109 Å². The van der Waals surface area contributed by atoms with Crippen LogP contribution in [0.1, 0.15) is 0 Å². The van der Waals surface area contributed by atoms with Gasteiger partial charge in [-0.3, -0.25) is 3.11 Å². The Bertz CT molecular complexity index is 1260. The van der Waals surface area contributed by atoms with E-state index in [1.807, 2.05) is 0 Å². The Morgan fingerprint density at radius 3 is 1.82 bits per heavy atom.